The predicted molar refractivity (Wildman–Crippen MR) is 113 cm³/mol. The van der Waals surface area contributed by atoms with Crippen molar-refractivity contribution in [1.82, 2.24) is 14.7 Å². The number of nitrogens with zero attached hydrogens (tertiary/aromatic N) is 3. The minimum absolute atomic E-state index is 0.194. The lowest BCUT2D eigenvalue weighted by Gasteiger charge is -2.37. The molecule has 2 fully saturated rings. The number of quaternary nitrogens is 1. The first-order valence-electron chi connectivity index (χ1n) is 11.2. The van der Waals surface area contributed by atoms with Crippen LogP contribution in [0.2, 0.25) is 0 Å². The molecule has 2 saturated heterocycles. The highest BCUT2D eigenvalue weighted by Crippen LogP contribution is 2.22. The van der Waals surface area contributed by atoms with Gasteiger partial charge in [-0.15, -0.1) is 0 Å². The molecule has 3 aliphatic rings. The van der Waals surface area contributed by atoms with Crippen LogP contribution >= 0.6 is 0 Å². The van der Waals surface area contributed by atoms with Crippen LogP contribution in [-0.2, 0) is 9.59 Å². The number of hydrogen-bond donors (Lipinski definition) is 1. The van der Waals surface area contributed by atoms with Crippen molar-refractivity contribution >= 4 is 23.6 Å². The summed E-state index contributed by atoms with van der Waals surface area (Å²) in [6.07, 6.45) is 1.17. The molecule has 31 heavy (non-hydrogen) atoms. The van der Waals surface area contributed by atoms with Gasteiger partial charge in [0.2, 0.25) is 5.91 Å². The zero-order valence-corrected chi connectivity index (χ0v) is 18.3. The second kappa shape index (κ2) is 8.78. The monoisotopic (exact) mass is 427 g/mol. The first-order valence-corrected chi connectivity index (χ1v) is 11.2. The van der Waals surface area contributed by atoms with Crippen molar-refractivity contribution < 1.29 is 24.1 Å². The third-order valence-electron chi connectivity index (χ3n) is 6.62. The Morgan fingerprint density at radius 1 is 0.903 bits per heavy atom. The Kier molecular flexibility index (Phi) is 6.09. The second-order valence-electron chi connectivity index (χ2n) is 9.29. The van der Waals surface area contributed by atoms with Crippen LogP contribution in [0.15, 0.2) is 24.3 Å². The lowest BCUT2D eigenvalue weighted by Crippen LogP contribution is -3.15. The molecule has 0 aromatic heterocycles. The Labute approximate surface area is 182 Å². The zero-order valence-electron chi connectivity index (χ0n) is 18.3. The van der Waals surface area contributed by atoms with Crippen molar-refractivity contribution in [3.63, 3.8) is 0 Å². The van der Waals surface area contributed by atoms with Crippen LogP contribution in [-0.4, -0.2) is 90.7 Å². The molecule has 1 aromatic rings. The van der Waals surface area contributed by atoms with Crippen molar-refractivity contribution in [2.45, 2.75) is 20.3 Å². The van der Waals surface area contributed by atoms with Gasteiger partial charge in [-0.2, -0.15) is 0 Å². The third kappa shape index (κ3) is 4.49. The SMILES string of the molecule is C[C@H]1C[C@H](C)CN(C(=O)C[NH+]2CCN(C(=O)CN3C(=O)c4ccccc4C3=O)CC2)C1. The van der Waals surface area contributed by atoms with E-state index in [1.54, 1.807) is 29.2 Å². The Morgan fingerprint density at radius 2 is 1.45 bits per heavy atom. The van der Waals surface area contributed by atoms with E-state index in [0.29, 0.717) is 55.7 Å². The largest absolute Gasteiger partial charge is 0.337 e. The van der Waals surface area contributed by atoms with Crippen LogP contribution in [0.4, 0.5) is 0 Å². The van der Waals surface area contributed by atoms with Crippen LogP contribution in [0.25, 0.3) is 0 Å². The molecule has 0 radical (unpaired) electrons. The van der Waals surface area contributed by atoms with E-state index in [2.05, 4.69) is 13.8 Å². The molecule has 4 amide bonds. The van der Waals surface area contributed by atoms with Gasteiger partial charge >= 0.3 is 0 Å². The number of hydrogen-bond acceptors (Lipinski definition) is 4. The van der Waals surface area contributed by atoms with E-state index in [0.717, 1.165) is 18.0 Å². The second-order valence-corrected chi connectivity index (χ2v) is 9.29. The van der Waals surface area contributed by atoms with Crippen molar-refractivity contribution in [3.8, 4) is 0 Å². The highest BCUT2D eigenvalue weighted by atomic mass is 16.2. The summed E-state index contributed by atoms with van der Waals surface area (Å²) < 4.78 is 0. The number of amides is 4. The average molecular weight is 428 g/mol. The number of imide groups is 1. The standard InChI is InChI=1S/C23H30N4O4/c1-16-11-17(2)13-26(12-16)20(28)14-24-7-9-25(10-8-24)21(29)15-27-22(30)18-5-3-4-6-19(18)23(27)31/h3-6,16-17H,7-15H2,1-2H3/p+1/t16-,17-/m0/s1. The van der Waals surface area contributed by atoms with Gasteiger partial charge in [0.05, 0.1) is 37.3 Å². The summed E-state index contributed by atoms with van der Waals surface area (Å²) in [7, 11) is 0. The molecule has 0 unspecified atom stereocenters. The fraction of sp³-hybridized carbons (Fsp3) is 0.565. The molecule has 1 aromatic carbocycles. The van der Waals surface area contributed by atoms with Crippen LogP contribution < -0.4 is 4.90 Å². The summed E-state index contributed by atoms with van der Waals surface area (Å²) in [5, 5.41) is 0. The van der Waals surface area contributed by atoms with Gasteiger partial charge in [-0.3, -0.25) is 24.1 Å². The Morgan fingerprint density at radius 3 is 2.00 bits per heavy atom. The molecule has 166 valence electrons. The van der Waals surface area contributed by atoms with Crippen molar-refractivity contribution in [1.29, 1.82) is 0 Å². The molecule has 4 rings (SSSR count). The number of piperidine rings is 1. The maximum absolute atomic E-state index is 12.7. The predicted octanol–water partition coefficient (Wildman–Crippen LogP) is -0.486. The molecule has 8 nitrogen and oxygen atoms in total. The molecule has 3 heterocycles. The summed E-state index contributed by atoms with van der Waals surface area (Å²) in [5.74, 6) is 0.235. The van der Waals surface area contributed by atoms with Gasteiger partial charge in [-0.1, -0.05) is 26.0 Å². The normalized spacial score (nSPS) is 24.5. The van der Waals surface area contributed by atoms with Crippen LogP contribution in [0.5, 0.6) is 0 Å². The number of fused-ring (bicyclic) bond motifs is 1. The number of nitrogens with one attached hydrogen (secondary N) is 1. The van der Waals surface area contributed by atoms with Gasteiger partial charge in [-0.05, 0) is 30.4 Å². The summed E-state index contributed by atoms with van der Waals surface area (Å²) in [4.78, 5) is 56.3. The molecule has 0 saturated carbocycles. The minimum Gasteiger partial charge on any atom is -0.337 e. The molecule has 2 atom stereocenters. The number of likely N-dealkylation sites (tertiary alicyclic amines) is 1. The van der Waals surface area contributed by atoms with E-state index in [9.17, 15) is 19.2 Å². The molecule has 0 spiro atoms. The van der Waals surface area contributed by atoms with Crippen molar-refractivity contribution in [3.05, 3.63) is 35.4 Å². The summed E-state index contributed by atoms with van der Waals surface area (Å²) in [6, 6.07) is 6.65. The van der Waals surface area contributed by atoms with E-state index in [1.165, 1.54) is 11.3 Å². The quantitative estimate of drug-likeness (QED) is 0.658. The topological polar surface area (TPSA) is 82.4 Å². The van der Waals surface area contributed by atoms with E-state index in [4.69, 9.17) is 0 Å². The molecular weight excluding hydrogens is 396 g/mol. The highest BCUT2D eigenvalue weighted by molar-refractivity contribution is 6.22. The lowest BCUT2D eigenvalue weighted by molar-refractivity contribution is -0.896. The molecule has 0 aliphatic carbocycles. The number of benzene rings is 1. The summed E-state index contributed by atoms with van der Waals surface area (Å²) in [5.41, 5.74) is 0.712. The third-order valence-corrected chi connectivity index (χ3v) is 6.62. The number of piperazine rings is 1. The fourth-order valence-corrected chi connectivity index (χ4v) is 5.06. The van der Waals surface area contributed by atoms with Crippen molar-refractivity contribution in [2.75, 3.05) is 52.4 Å². The number of carbonyl (C=O) groups excluding carboxylic acids is 4. The zero-order chi connectivity index (χ0) is 22.1. The maximum atomic E-state index is 12.7. The van der Waals surface area contributed by atoms with E-state index in [1.807, 2.05) is 4.90 Å². The fourth-order valence-electron chi connectivity index (χ4n) is 5.06. The maximum Gasteiger partial charge on any atom is 0.277 e. The minimum atomic E-state index is -0.409. The molecular formula is C23H31N4O4+. The van der Waals surface area contributed by atoms with Gasteiger partial charge in [0.25, 0.3) is 17.7 Å². The Balaban J connectivity index is 1.26. The van der Waals surface area contributed by atoms with Gasteiger partial charge in [0, 0.05) is 13.1 Å². The smallest absolute Gasteiger partial charge is 0.277 e. The van der Waals surface area contributed by atoms with E-state index < -0.39 is 11.8 Å². The van der Waals surface area contributed by atoms with Crippen LogP contribution in [0, 0.1) is 11.8 Å². The van der Waals surface area contributed by atoms with Crippen LogP contribution in [0.1, 0.15) is 41.0 Å². The number of rotatable bonds is 4. The summed E-state index contributed by atoms with van der Waals surface area (Å²) in [6.45, 7) is 8.72. The molecule has 1 N–H and O–H groups in total. The van der Waals surface area contributed by atoms with Gasteiger partial charge in [-0.25, -0.2) is 0 Å². The molecule has 8 heteroatoms. The molecule has 0 bridgehead atoms. The Hall–Kier alpha value is -2.74. The highest BCUT2D eigenvalue weighted by Gasteiger charge is 2.38. The van der Waals surface area contributed by atoms with Gasteiger partial charge < -0.3 is 14.7 Å². The van der Waals surface area contributed by atoms with Crippen LogP contribution in [0.3, 0.4) is 0 Å². The average Bonchev–Trinajstić information content (AvgIpc) is 2.98. The van der Waals surface area contributed by atoms with E-state index >= 15 is 0 Å². The van der Waals surface area contributed by atoms with Gasteiger partial charge in [0.1, 0.15) is 6.54 Å². The first kappa shape index (κ1) is 21.5. The lowest BCUT2D eigenvalue weighted by atomic mass is 9.92. The van der Waals surface area contributed by atoms with E-state index in [-0.39, 0.29) is 18.4 Å². The van der Waals surface area contributed by atoms with Gasteiger partial charge in [0.15, 0.2) is 6.54 Å². The summed E-state index contributed by atoms with van der Waals surface area (Å²) >= 11 is 0. The first-order chi connectivity index (χ1) is 14.8. The Bertz CT molecular complexity index is 848. The molecule has 3 aliphatic heterocycles. The van der Waals surface area contributed by atoms with Crippen molar-refractivity contribution in [2.24, 2.45) is 11.8 Å². The number of carbonyl (C=O) groups is 4.